The second-order valence-corrected chi connectivity index (χ2v) is 12.0. The van der Waals surface area contributed by atoms with Crippen molar-refractivity contribution < 1.29 is 23.1 Å². The van der Waals surface area contributed by atoms with Crippen molar-refractivity contribution in [3.05, 3.63) is 59.8 Å². The zero-order valence-corrected chi connectivity index (χ0v) is 21.4. The molecule has 7 heteroatoms. The molecule has 0 N–H and O–H groups in total. The van der Waals surface area contributed by atoms with E-state index in [1.807, 2.05) is 11.0 Å². The van der Waals surface area contributed by atoms with E-state index in [9.17, 15) is 14.0 Å². The Bertz CT molecular complexity index is 1060. The molecule has 1 unspecified atom stereocenters. The zero-order valence-electron chi connectivity index (χ0n) is 21.4. The second kappa shape index (κ2) is 10.2. The van der Waals surface area contributed by atoms with E-state index in [0.29, 0.717) is 49.8 Å². The van der Waals surface area contributed by atoms with E-state index in [4.69, 9.17) is 9.15 Å². The van der Waals surface area contributed by atoms with E-state index >= 15 is 0 Å². The van der Waals surface area contributed by atoms with Crippen molar-refractivity contribution in [2.45, 2.75) is 70.6 Å². The highest BCUT2D eigenvalue weighted by molar-refractivity contribution is 5.88. The third kappa shape index (κ3) is 5.33. The lowest BCUT2D eigenvalue weighted by Crippen LogP contribution is -2.57. The molecule has 5 aliphatic rings. The molecule has 4 saturated carbocycles. The molecular formula is C30H37FN2O4. The number of benzene rings is 1. The zero-order chi connectivity index (χ0) is 25.4. The van der Waals surface area contributed by atoms with Crippen molar-refractivity contribution in [2.24, 2.45) is 23.2 Å². The summed E-state index contributed by atoms with van der Waals surface area (Å²) in [4.78, 5) is 31.7. The van der Waals surface area contributed by atoms with E-state index in [1.165, 1.54) is 31.4 Å². The fourth-order valence-electron chi connectivity index (χ4n) is 7.86. The Labute approximate surface area is 218 Å². The summed E-state index contributed by atoms with van der Waals surface area (Å²) in [6.45, 7) is 1.83. The predicted molar refractivity (Wildman–Crippen MR) is 136 cm³/mol. The number of hydrogen-bond acceptors (Lipinski definition) is 4. The van der Waals surface area contributed by atoms with Gasteiger partial charge in [-0.05, 0) is 98.9 Å². The lowest BCUT2D eigenvalue weighted by molar-refractivity contribution is -0.162. The van der Waals surface area contributed by atoms with E-state index in [-0.39, 0.29) is 35.7 Å². The predicted octanol–water partition coefficient (Wildman–Crippen LogP) is 5.17. The molecule has 2 amide bonds. The summed E-state index contributed by atoms with van der Waals surface area (Å²) in [6.07, 6.45) is 10.2. The molecule has 1 atom stereocenters. The lowest BCUT2D eigenvalue weighted by atomic mass is 9.49. The van der Waals surface area contributed by atoms with Crippen LogP contribution in [0.2, 0.25) is 0 Å². The minimum Gasteiger partial charge on any atom is -0.467 e. The minimum absolute atomic E-state index is 0.0127. The van der Waals surface area contributed by atoms with Crippen LogP contribution in [-0.4, -0.2) is 47.4 Å². The molecule has 2 aromatic rings. The molecule has 1 aliphatic heterocycles. The maximum Gasteiger partial charge on any atom is 0.242 e. The fourth-order valence-corrected chi connectivity index (χ4v) is 7.86. The number of carbonyl (C=O) groups excluding carboxylic acids is 2. The molecule has 4 aliphatic carbocycles. The maximum atomic E-state index is 14.3. The first-order valence-corrected chi connectivity index (χ1v) is 13.9. The lowest BCUT2D eigenvalue weighted by Gasteiger charge is -2.56. The van der Waals surface area contributed by atoms with Crippen LogP contribution in [0, 0.1) is 29.0 Å². The molecule has 7 rings (SSSR count). The van der Waals surface area contributed by atoms with Gasteiger partial charge < -0.3 is 19.0 Å². The number of amides is 2. The van der Waals surface area contributed by atoms with Gasteiger partial charge in [-0.3, -0.25) is 9.59 Å². The van der Waals surface area contributed by atoms with Gasteiger partial charge in [-0.15, -0.1) is 0 Å². The monoisotopic (exact) mass is 508 g/mol. The third-order valence-electron chi connectivity index (χ3n) is 9.12. The minimum atomic E-state index is -0.309. The van der Waals surface area contributed by atoms with Crippen molar-refractivity contribution >= 4 is 11.8 Å². The molecule has 1 saturated heterocycles. The van der Waals surface area contributed by atoms with E-state index < -0.39 is 0 Å². The number of nitrogens with zero attached hydrogens (tertiary/aromatic N) is 2. The van der Waals surface area contributed by atoms with Crippen molar-refractivity contribution in [2.75, 3.05) is 19.7 Å². The van der Waals surface area contributed by atoms with Gasteiger partial charge in [0, 0.05) is 19.7 Å². The summed E-state index contributed by atoms with van der Waals surface area (Å²) in [7, 11) is 0. The Hall–Kier alpha value is -2.67. The number of halogens is 1. The van der Waals surface area contributed by atoms with E-state index in [2.05, 4.69) is 0 Å². The number of rotatable bonds is 9. The molecule has 198 valence electrons. The normalized spacial score (nSPS) is 30.0. The van der Waals surface area contributed by atoms with Crippen LogP contribution in [0.1, 0.15) is 62.7 Å². The highest BCUT2D eigenvalue weighted by atomic mass is 19.1. The first kappa shape index (κ1) is 24.7. The van der Waals surface area contributed by atoms with Crippen LogP contribution in [0.25, 0.3) is 0 Å². The van der Waals surface area contributed by atoms with Gasteiger partial charge in [0.1, 0.15) is 11.6 Å². The smallest absolute Gasteiger partial charge is 0.242 e. The highest BCUT2D eigenvalue weighted by Crippen LogP contribution is 2.60. The molecule has 0 radical (unpaired) electrons. The van der Waals surface area contributed by atoms with Gasteiger partial charge in [0.25, 0.3) is 0 Å². The third-order valence-corrected chi connectivity index (χ3v) is 9.12. The molecule has 1 aromatic carbocycles. The molecule has 1 aromatic heterocycles. The molecular weight excluding hydrogens is 471 g/mol. The summed E-state index contributed by atoms with van der Waals surface area (Å²) in [5.74, 6) is 2.37. The Kier molecular flexibility index (Phi) is 6.82. The molecule has 2 heterocycles. The molecule has 4 bridgehead atoms. The van der Waals surface area contributed by atoms with Gasteiger partial charge in [-0.2, -0.15) is 0 Å². The van der Waals surface area contributed by atoms with Crippen molar-refractivity contribution in [3.63, 3.8) is 0 Å². The van der Waals surface area contributed by atoms with E-state index in [0.717, 1.165) is 37.7 Å². The summed E-state index contributed by atoms with van der Waals surface area (Å²) in [5.41, 5.74) is 0.524. The van der Waals surface area contributed by atoms with Crippen LogP contribution >= 0.6 is 0 Å². The molecule has 6 nitrogen and oxygen atoms in total. The van der Waals surface area contributed by atoms with Crippen LogP contribution in [0.3, 0.4) is 0 Å². The SMILES string of the molecule is O=C(CN(CC1CCCO1)C(=O)C12CC3CC(CC(C3)C1)C2)N(Cc1ccc(F)cc1)Cc1ccco1. The Morgan fingerprint density at radius 3 is 2.24 bits per heavy atom. The Morgan fingerprint density at radius 2 is 1.65 bits per heavy atom. The fraction of sp³-hybridized carbons (Fsp3) is 0.600. The number of ether oxygens (including phenoxy) is 1. The topological polar surface area (TPSA) is 63.0 Å². The quantitative estimate of drug-likeness (QED) is 0.469. The highest BCUT2D eigenvalue weighted by Gasteiger charge is 2.56. The van der Waals surface area contributed by atoms with Gasteiger partial charge in [0.05, 0.1) is 30.9 Å². The van der Waals surface area contributed by atoms with Crippen molar-refractivity contribution in [1.29, 1.82) is 0 Å². The van der Waals surface area contributed by atoms with Crippen LogP contribution in [-0.2, 0) is 27.4 Å². The summed E-state index contributed by atoms with van der Waals surface area (Å²) < 4.78 is 25.0. The van der Waals surface area contributed by atoms with Crippen LogP contribution in [0.15, 0.2) is 47.1 Å². The molecule has 5 fully saturated rings. The maximum absolute atomic E-state index is 14.3. The second-order valence-electron chi connectivity index (χ2n) is 12.0. The van der Waals surface area contributed by atoms with Crippen molar-refractivity contribution in [3.8, 4) is 0 Å². The molecule has 37 heavy (non-hydrogen) atoms. The number of hydrogen-bond donors (Lipinski definition) is 0. The van der Waals surface area contributed by atoms with Crippen LogP contribution in [0.5, 0.6) is 0 Å². The van der Waals surface area contributed by atoms with Crippen molar-refractivity contribution in [1.82, 2.24) is 9.80 Å². The van der Waals surface area contributed by atoms with E-state index in [1.54, 1.807) is 29.4 Å². The van der Waals surface area contributed by atoms with Crippen LogP contribution in [0.4, 0.5) is 4.39 Å². The molecule has 0 spiro atoms. The number of furan rings is 1. The Balaban J connectivity index is 1.23. The standard InChI is InChI=1S/C30H37FN2O4/c31-25-7-5-21(6-8-25)17-32(18-26-3-1-9-36-26)28(34)20-33(19-27-4-2-10-37-27)29(35)30-14-22-11-23(15-30)13-24(12-22)16-30/h1,3,5-9,22-24,27H,2,4,10-20H2. The van der Waals surface area contributed by atoms with Gasteiger partial charge in [0.15, 0.2) is 0 Å². The first-order chi connectivity index (χ1) is 18.0. The summed E-state index contributed by atoms with van der Waals surface area (Å²) in [5, 5.41) is 0. The Morgan fingerprint density at radius 1 is 0.946 bits per heavy atom. The van der Waals surface area contributed by atoms with Gasteiger partial charge in [0.2, 0.25) is 11.8 Å². The van der Waals surface area contributed by atoms with Gasteiger partial charge in [-0.1, -0.05) is 12.1 Å². The largest absolute Gasteiger partial charge is 0.467 e. The first-order valence-electron chi connectivity index (χ1n) is 13.9. The average Bonchev–Trinajstić information content (AvgIpc) is 3.58. The van der Waals surface area contributed by atoms with Crippen LogP contribution < -0.4 is 0 Å². The summed E-state index contributed by atoms with van der Waals surface area (Å²) >= 11 is 0. The van der Waals surface area contributed by atoms with Gasteiger partial charge in [-0.25, -0.2) is 4.39 Å². The van der Waals surface area contributed by atoms with Gasteiger partial charge >= 0.3 is 0 Å². The number of carbonyl (C=O) groups is 2. The average molecular weight is 509 g/mol. The summed E-state index contributed by atoms with van der Waals surface area (Å²) in [6, 6.07) is 9.85.